The Morgan fingerprint density at radius 2 is 1.59 bits per heavy atom. The molecule has 2 aromatic carbocycles. The number of cyclic esters (lactones) is 1. The number of carbonyl (C=O) groups is 1. The van der Waals surface area contributed by atoms with Crippen molar-refractivity contribution in [3.8, 4) is 0 Å². The summed E-state index contributed by atoms with van der Waals surface area (Å²) in [6.07, 6.45) is -8.08. The van der Waals surface area contributed by atoms with Crippen molar-refractivity contribution in [3.05, 3.63) is 59.1 Å². The van der Waals surface area contributed by atoms with Gasteiger partial charge in [-0.05, 0) is 18.2 Å². The van der Waals surface area contributed by atoms with Crippen LogP contribution in [-0.2, 0) is 4.74 Å². The predicted octanol–water partition coefficient (Wildman–Crippen LogP) is 5.23. The third kappa shape index (κ3) is 2.39. The van der Waals surface area contributed by atoms with Crippen LogP contribution in [0.4, 0.5) is 29.3 Å². The van der Waals surface area contributed by atoms with Crippen LogP contribution in [0.2, 0.25) is 5.02 Å². The van der Waals surface area contributed by atoms with Gasteiger partial charge in [-0.1, -0.05) is 41.9 Å². The van der Waals surface area contributed by atoms with E-state index in [4.69, 9.17) is 11.6 Å². The summed E-state index contributed by atoms with van der Waals surface area (Å²) in [4.78, 5) is 13.2. The van der Waals surface area contributed by atoms with Crippen LogP contribution < -0.4 is 4.90 Å². The van der Waals surface area contributed by atoms with Gasteiger partial charge in [0.1, 0.15) is 0 Å². The highest BCUT2D eigenvalue weighted by Gasteiger charge is 2.49. The van der Waals surface area contributed by atoms with E-state index in [0.717, 1.165) is 4.90 Å². The molecule has 3 nitrogen and oxygen atoms in total. The smallest absolute Gasteiger partial charge is 0.430 e. The molecule has 1 aliphatic heterocycles. The van der Waals surface area contributed by atoms with E-state index in [2.05, 4.69) is 4.74 Å². The van der Waals surface area contributed by atoms with Crippen molar-refractivity contribution in [1.29, 1.82) is 0 Å². The molecule has 0 saturated carbocycles. The van der Waals surface area contributed by atoms with E-state index in [1.54, 1.807) is 24.3 Å². The first-order valence-corrected chi connectivity index (χ1v) is 6.68. The van der Waals surface area contributed by atoms with E-state index in [1.165, 1.54) is 24.3 Å². The minimum absolute atomic E-state index is 0.106. The first-order valence-electron chi connectivity index (χ1n) is 6.30. The Labute approximate surface area is 128 Å². The van der Waals surface area contributed by atoms with Crippen LogP contribution in [0.15, 0.2) is 48.5 Å². The number of halogens is 4. The van der Waals surface area contributed by atoms with Gasteiger partial charge in [-0.25, -0.2) is 9.69 Å². The number of rotatable bonds is 1. The molecule has 0 fully saturated rings. The van der Waals surface area contributed by atoms with Crippen LogP contribution in [0.5, 0.6) is 0 Å². The van der Waals surface area contributed by atoms with Crippen molar-refractivity contribution in [2.75, 3.05) is 4.90 Å². The Morgan fingerprint density at radius 3 is 2.23 bits per heavy atom. The molecule has 7 heteroatoms. The third-order valence-corrected chi connectivity index (χ3v) is 3.57. The highest BCUT2D eigenvalue weighted by atomic mass is 35.5. The number of alkyl halides is 3. The molecule has 0 radical (unpaired) electrons. The summed E-state index contributed by atoms with van der Waals surface area (Å²) >= 11 is 6.04. The van der Waals surface area contributed by atoms with Gasteiger partial charge >= 0.3 is 12.3 Å². The van der Waals surface area contributed by atoms with Gasteiger partial charge in [0.05, 0.1) is 16.4 Å². The Balaban J connectivity index is 2.18. The Hall–Kier alpha value is -2.21. The molecular weight excluding hydrogens is 319 g/mol. The van der Waals surface area contributed by atoms with Crippen molar-refractivity contribution >= 4 is 29.1 Å². The second kappa shape index (κ2) is 5.21. The van der Waals surface area contributed by atoms with Crippen molar-refractivity contribution < 1.29 is 22.7 Å². The van der Waals surface area contributed by atoms with Gasteiger partial charge in [-0.2, -0.15) is 13.2 Å². The fourth-order valence-electron chi connectivity index (χ4n) is 2.33. The zero-order valence-electron chi connectivity index (χ0n) is 11.0. The highest BCUT2D eigenvalue weighted by molar-refractivity contribution is 6.34. The van der Waals surface area contributed by atoms with E-state index in [9.17, 15) is 18.0 Å². The molecule has 0 bridgehead atoms. The van der Waals surface area contributed by atoms with Crippen molar-refractivity contribution in [2.24, 2.45) is 0 Å². The maximum Gasteiger partial charge on any atom is 0.430 e. The topological polar surface area (TPSA) is 29.5 Å². The normalized spacial score (nSPS) is 17.9. The molecule has 0 spiro atoms. The first kappa shape index (κ1) is 14.7. The minimum atomic E-state index is -4.68. The average Bonchev–Trinajstić information content (AvgIpc) is 2.47. The quantitative estimate of drug-likeness (QED) is 0.717. The second-order valence-corrected chi connectivity index (χ2v) is 5.06. The lowest BCUT2D eigenvalue weighted by Gasteiger charge is -2.34. The lowest BCUT2D eigenvalue weighted by molar-refractivity contribution is -0.206. The molecular formula is C15H9ClF3NO2. The SMILES string of the molecule is O=C1OC(C(F)(F)F)c2ccccc2N1c1ccccc1Cl. The van der Waals surface area contributed by atoms with Crippen LogP contribution >= 0.6 is 11.6 Å². The largest absolute Gasteiger partial charge is 0.431 e. The first-order chi connectivity index (χ1) is 10.4. The van der Waals surface area contributed by atoms with Gasteiger partial charge in [0.2, 0.25) is 6.10 Å². The molecule has 2 aromatic rings. The monoisotopic (exact) mass is 327 g/mol. The number of hydrogen-bond donors (Lipinski definition) is 0. The number of amides is 1. The van der Waals surface area contributed by atoms with Crippen molar-refractivity contribution in [1.82, 2.24) is 0 Å². The highest BCUT2D eigenvalue weighted by Crippen LogP contribution is 2.46. The number of carbonyl (C=O) groups excluding carboxylic acids is 1. The van der Waals surface area contributed by atoms with Crippen LogP contribution in [0, 0.1) is 0 Å². The van der Waals surface area contributed by atoms with Crippen LogP contribution in [0.25, 0.3) is 0 Å². The molecule has 22 heavy (non-hydrogen) atoms. The maximum atomic E-state index is 13.1. The summed E-state index contributed by atoms with van der Waals surface area (Å²) in [5.74, 6) is 0. The molecule has 1 atom stereocenters. The van der Waals surface area contributed by atoms with Gasteiger partial charge in [0.25, 0.3) is 0 Å². The second-order valence-electron chi connectivity index (χ2n) is 4.65. The molecule has 114 valence electrons. The zero-order valence-corrected chi connectivity index (χ0v) is 11.7. The number of nitrogens with zero attached hydrogens (tertiary/aromatic N) is 1. The molecule has 1 heterocycles. The summed E-state index contributed by atoms with van der Waals surface area (Å²) < 4.78 is 43.8. The number of ether oxygens (including phenoxy) is 1. The molecule has 0 N–H and O–H groups in total. The molecule has 0 aromatic heterocycles. The molecule has 0 saturated heterocycles. The fourth-order valence-corrected chi connectivity index (χ4v) is 2.55. The lowest BCUT2D eigenvalue weighted by atomic mass is 10.0. The zero-order chi connectivity index (χ0) is 15.9. The molecule has 1 amide bonds. The summed E-state index contributed by atoms with van der Waals surface area (Å²) in [5, 5.41) is 0.236. The minimum Gasteiger partial charge on any atom is -0.431 e. The number of anilines is 2. The molecule has 1 aliphatic rings. The summed E-state index contributed by atoms with van der Waals surface area (Å²) in [6, 6.07) is 12.1. The van der Waals surface area contributed by atoms with Crippen molar-refractivity contribution in [3.63, 3.8) is 0 Å². The van der Waals surface area contributed by atoms with Gasteiger partial charge in [-0.15, -0.1) is 0 Å². The van der Waals surface area contributed by atoms with E-state index < -0.39 is 18.4 Å². The Morgan fingerprint density at radius 1 is 1.00 bits per heavy atom. The summed E-state index contributed by atoms with van der Waals surface area (Å²) in [7, 11) is 0. The van der Waals surface area contributed by atoms with Crippen LogP contribution in [0.1, 0.15) is 11.7 Å². The number of hydrogen-bond acceptors (Lipinski definition) is 2. The average molecular weight is 328 g/mol. The summed E-state index contributed by atoms with van der Waals surface area (Å²) in [6.45, 7) is 0. The standard InChI is InChI=1S/C15H9ClF3NO2/c16-10-6-2-4-8-12(10)20-11-7-3-1-5-9(11)13(15(17,18)19)22-14(20)21/h1-8,13H. The van der Waals surface area contributed by atoms with Gasteiger partial charge in [0.15, 0.2) is 0 Å². The van der Waals surface area contributed by atoms with E-state index in [1.807, 2.05) is 0 Å². The predicted molar refractivity (Wildman–Crippen MR) is 75.3 cm³/mol. The summed E-state index contributed by atoms with van der Waals surface area (Å²) in [5.41, 5.74) is 0.242. The third-order valence-electron chi connectivity index (χ3n) is 3.25. The lowest BCUT2D eigenvalue weighted by Crippen LogP contribution is -2.39. The maximum absolute atomic E-state index is 13.1. The number of fused-ring (bicyclic) bond motifs is 1. The van der Waals surface area contributed by atoms with Gasteiger partial charge < -0.3 is 4.74 Å². The number of para-hydroxylation sites is 2. The van der Waals surface area contributed by atoms with Crippen molar-refractivity contribution in [2.45, 2.75) is 12.3 Å². The molecule has 1 unspecified atom stereocenters. The van der Waals surface area contributed by atoms with Gasteiger partial charge in [0, 0.05) is 5.56 Å². The Kier molecular flexibility index (Phi) is 3.48. The van der Waals surface area contributed by atoms with Crippen LogP contribution in [0.3, 0.4) is 0 Å². The molecule has 3 rings (SSSR count). The van der Waals surface area contributed by atoms with Crippen LogP contribution in [-0.4, -0.2) is 12.3 Å². The van der Waals surface area contributed by atoms with E-state index in [-0.39, 0.29) is 22.0 Å². The van der Waals surface area contributed by atoms with E-state index in [0.29, 0.717) is 0 Å². The molecule has 0 aliphatic carbocycles. The van der Waals surface area contributed by atoms with E-state index >= 15 is 0 Å². The van der Waals surface area contributed by atoms with Gasteiger partial charge in [-0.3, -0.25) is 0 Å². The Bertz CT molecular complexity index is 733. The fraction of sp³-hybridized carbons (Fsp3) is 0.133. The number of benzene rings is 2.